The van der Waals surface area contributed by atoms with Crippen LogP contribution in [0.5, 0.6) is 0 Å². The average molecular weight is 304 g/mol. The van der Waals surface area contributed by atoms with Gasteiger partial charge in [-0.15, -0.1) is 0 Å². The van der Waals surface area contributed by atoms with Crippen LogP contribution in [0.2, 0.25) is 5.02 Å². The van der Waals surface area contributed by atoms with E-state index in [9.17, 15) is 18.4 Å². The summed E-state index contributed by atoms with van der Waals surface area (Å²) in [6, 6.07) is 3.08. The van der Waals surface area contributed by atoms with E-state index < -0.39 is 13.0 Å². The Hall–Kier alpha value is -1.53. The fourth-order valence-corrected chi connectivity index (χ4v) is 2.20. The fourth-order valence-electron chi connectivity index (χ4n) is 1.93. The highest BCUT2D eigenvalue weighted by atomic mass is 35.5. The normalized spacial score (nSPS) is 13.5. The van der Waals surface area contributed by atoms with Crippen LogP contribution in [0.1, 0.15) is 22.3 Å². The number of amides is 1. The highest BCUT2D eigenvalue weighted by Gasteiger charge is 2.21. The minimum Gasteiger partial charge on any atom is -0.375 e. The SMILES string of the molecule is O=C1Cc2cc(C(=O)CCOCC(F)F)c(Cl)cc2N1. The van der Waals surface area contributed by atoms with Crippen molar-refractivity contribution in [1.29, 1.82) is 0 Å². The van der Waals surface area contributed by atoms with Gasteiger partial charge in [-0.25, -0.2) is 8.78 Å². The second kappa shape index (κ2) is 6.28. The lowest BCUT2D eigenvalue weighted by atomic mass is 10.0. The van der Waals surface area contributed by atoms with E-state index in [1.54, 1.807) is 6.07 Å². The van der Waals surface area contributed by atoms with E-state index in [1.807, 2.05) is 0 Å². The Kier molecular flexibility index (Phi) is 4.67. The smallest absolute Gasteiger partial charge is 0.261 e. The maximum absolute atomic E-state index is 11.9. The van der Waals surface area contributed by atoms with E-state index in [-0.39, 0.29) is 41.7 Å². The van der Waals surface area contributed by atoms with Crippen LogP contribution in [-0.4, -0.2) is 31.3 Å². The van der Waals surface area contributed by atoms with Crippen LogP contribution < -0.4 is 5.32 Å². The lowest BCUT2D eigenvalue weighted by molar-refractivity contribution is -0.115. The van der Waals surface area contributed by atoms with Crippen molar-refractivity contribution in [2.45, 2.75) is 19.3 Å². The summed E-state index contributed by atoms with van der Waals surface area (Å²) >= 11 is 5.98. The summed E-state index contributed by atoms with van der Waals surface area (Å²) in [5.41, 5.74) is 1.59. The van der Waals surface area contributed by atoms with Crippen molar-refractivity contribution in [3.05, 3.63) is 28.3 Å². The molecule has 2 rings (SSSR count). The lowest BCUT2D eigenvalue weighted by Gasteiger charge is -2.07. The summed E-state index contributed by atoms with van der Waals surface area (Å²) in [4.78, 5) is 23.2. The molecule has 0 spiro atoms. The first-order chi connectivity index (χ1) is 9.47. The largest absolute Gasteiger partial charge is 0.375 e. The molecule has 0 atom stereocenters. The molecule has 1 N–H and O–H groups in total. The Labute approximate surface area is 119 Å². The summed E-state index contributed by atoms with van der Waals surface area (Å²) < 4.78 is 28.4. The van der Waals surface area contributed by atoms with Gasteiger partial charge >= 0.3 is 0 Å². The number of hydrogen-bond acceptors (Lipinski definition) is 3. The molecule has 0 saturated heterocycles. The molecule has 0 aliphatic carbocycles. The number of fused-ring (bicyclic) bond motifs is 1. The van der Waals surface area contributed by atoms with Gasteiger partial charge in [-0.05, 0) is 17.7 Å². The number of nitrogens with one attached hydrogen (secondary N) is 1. The van der Waals surface area contributed by atoms with E-state index in [0.717, 1.165) is 0 Å². The molecule has 0 aromatic heterocycles. The molecule has 1 aliphatic heterocycles. The second-order valence-corrected chi connectivity index (χ2v) is 4.76. The summed E-state index contributed by atoms with van der Waals surface area (Å²) in [7, 11) is 0. The molecule has 7 heteroatoms. The van der Waals surface area contributed by atoms with Crippen molar-refractivity contribution in [2.75, 3.05) is 18.5 Å². The number of alkyl halides is 2. The van der Waals surface area contributed by atoms with Crippen LogP contribution in [0.3, 0.4) is 0 Å². The fraction of sp³-hybridized carbons (Fsp3) is 0.385. The number of ketones is 1. The van der Waals surface area contributed by atoms with Gasteiger partial charge in [0.15, 0.2) is 5.78 Å². The number of anilines is 1. The number of benzene rings is 1. The maximum atomic E-state index is 11.9. The summed E-state index contributed by atoms with van der Waals surface area (Å²) in [5.74, 6) is -0.452. The zero-order valence-electron chi connectivity index (χ0n) is 10.4. The van der Waals surface area contributed by atoms with E-state index in [1.165, 1.54) is 6.07 Å². The molecule has 0 saturated carbocycles. The molecule has 20 heavy (non-hydrogen) atoms. The van der Waals surface area contributed by atoms with E-state index in [0.29, 0.717) is 11.3 Å². The third-order valence-electron chi connectivity index (χ3n) is 2.84. The third-order valence-corrected chi connectivity index (χ3v) is 3.15. The van der Waals surface area contributed by atoms with Gasteiger partial charge in [0, 0.05) is 17.7 Å². The number of halogens is 3. The highest BCUT2D eigenvalue weighted by Crippen LogP contribution is 2.30. The Morgan fingerprint density at radius 2 is 2.20 bits per heavy atom. The summed E-state index contributed by atoms with van der Waals surface area (Å²) in [5, 5.41) is 2.85. The van der Waals surface area contributed by atoms with Crippen molar-refractivity contribution in [3.63, 3.8) is 0 Å². The number of hydrogen-bond donors (Lipinski definition) is 1. The molecule has 108 valence electrons. The minimum absolute atomic E-state index is 0.0351. The summed E-state index contributed by atoms with van der Waals surface area (Å²) in [6.07, 6.45) is -2.38. The topological polar surface area (TPSA) is 55.4 Å². The minimum atomic E-state index is -2.55. The van der Waals surface area contributed by atoms with Crippen molar-refractivity contribution in [2.24, 2.45) is 0 Å². The number of Topliss-reactive ketones (excluding diaryl/α,β-unsaturated/α-hetero) is 1. The molecule has 0 fully saturated rings. The Morgan fingerprint density at radius 1 is 1.45 bits per heavy atom. The van der Waals surface area contributed by atoms with Crippen LogP contribution >= 0.6 is 11.6 Å². The molecule has 1 amide bonds. The van der Waals surface area contributed by atoms with Gasteiger partial charge in [0.2, 0.25) is 5.91 Å². The third kappa shape index (κ3) is 3.52. The van der Waals surface area contributed by atoms with Gasteiger partial charge in [0.25, 0.3) is 6.43 Å². The predicted octanol–water partition coefficient (Wildman–Crippen LogP) is 2.69. The Balaban J connectivity index is 2.00. The van der Waals surface area contributed by atoms with Crippen LogP contribution in [0, 0.1) is 0 Å². The van der Waals surface area contributed by atoms with Gasteiger partial charge in [0.1, 0.15) is 6.61 Å². The average Bonchev–Trinajstić information content (AvgIpc) is 2.72. The zero-order chi connectivity index (χ0) is 14.7. The molecule has 1 aromatic carbocycles. The molecular formula is C13H12ClF2NO3. The van der Waals surface area contributed by atoms with Crippen LogP contribution in [0.25, 0.3) is 0 Å². The Bertz CT molecular complexity index is 549. The van der Waals surface area contributed by atoms with Gasteiger partial charge in [0.05, 0.1) is 18.1 Å². The molecular weight excluding hydrogens is 292 g/mol. The number of carbonyl (C=O) groups is 2. The Morgan fingerprint density at radius 3 is 2.90 bits per heavy atom. The molecule has 4 nitrogen and oxygen atoms in total. The van der Waals surface area contributed by atoms with E-state index >= 15 is 0 Å². The molecule has 1 aromatic rings. The number of ether oxygens (including phenoxy) is 1. The van der Waals surface area contributed by atoms with E-state index in [2.05, 4.69) is 10.1 Å². The van der Waals surface area contributed by atoms with E-state index in [4.69, 9.17) is 11.6 Å². The van der Waals surface area contributed by atoms with Crippen molar-refractivity contribution >= 4 is 29.0 Å². The maximum Gasteiger partial charge on any atom is 0.261 e. The molecule has 0 bridgehead atoms. The van der Waals surface area contributed by atoms with Gasteiger partial charge in [-0.1, -0.05) is 11.6 Å². The van der Waals surface area contributed by atoms with Crippen molar-refractivity contribution in [1.82, 2.24) is 0 Å². The van der Waals surface area contributed by atoms with Crippen molar-refractivity contribution < 1.29 is 23.1 Å². The highest BCUT2D eigenvalue weighted by molar-refractivity contribution is 6.34. The summed E-state index contributed by atoms with van der Waals surface area (Å²) in [6.45, 7) is -0.780. The molecule has 0 radical (unpaired) electrons. The van der Waals surface area contributed by atoms with Gasteiger partial charge < -0.3 is 10.1 Å². The predicted molar refractivity (Wildman–Crippen MR) is 69.6 cm³/mol. The van der Waals surface area contributed by atoms with Crippen LogP contribution in [0.15, 0.2) is 12.1 Å². The molecule has 1 heterocycles. The molecule has 1 aliphatic rings. The van der Waals surface area contributed by atoms with Gasteiger partial charge in [-0.3, -0.25) is 9.59 Å². The first kappa shape index (κ1) is 14.9. The second-order valence-electron chi connectivity index (χ2n) is 4.35. The number of carbonyl (C=O) groups excluding carboxylic acids is 2. The monoisotopic (exact) mass is 303 g/mol. The first-order valence-corrected chi connectivity index (χ1v) is 6.36. The van der Waals surface area contributed by atoms with Gasteiger partial charge in [-0.2, -0.15) is 0 Å². The van der Waals surface area contributed by atoms with Crippen LogP contribution in [0.4, 0.5) is 14.5 Å². The van der Waals surface area contributed by atoms with Crippen molar-refractivity contribution in [3.8, 4) is 0 Å². The lowest BCUT2D eigenvalue weighted by Crippen LogP contribution is -2.10. The first-order valence-electron chi connectivity index (χ1n) is 5.98. The molecule has 0 unspecified atom stereocenters. The standard InChI is InChI=1S/C13H12ClF2NO3/c14-9-5-10-7(4-13(19)17-10)3-8(9)11(18)1-2-20-6-12(15)16/h3,5,12H,1-2,4,6H2,(H,17,19). The van der Waals surface area contributed by atoms with Crippen LogP contribution in [-0.2, 0) is 16.0 Å². The number of rotatable bonds is 6. The quantitative estimate of drug-likeness (QED) is 0.649. The zero-order valence-corrected chi connectivity index (χ0v) is 11.2.